The van der Waals surface area contributed by atoms with Crippen molar-refractivity contribution in [2.75, 3.05) is 11.1 Å². The van der Waals surface area contributed by atoms with Gasteiger partial charge in [-0.15, -0.1) is 0 Å². The summed E-state index contributed by atoms with van der Waals surface area (Å²) in [6.45, 7) is 2.41. The molecule has 0 fully saturated rings. The molecule has 128 valence electrons. The highest BCUT2D eigenvalue weighted by Crippen LogP contribution is 2.27. The fraction of sp³-hybridized carbons (Fsp3) is 0.158. The van der Waals surface area contributed by atoms with Gasteiger partial charge in [-0.25, -0.2) is 0 Å². The number of aromatic hydroxyl groups is 1. The Balaban J connectivity index is 2.13. The number of carbonyl (C=O) groups is 1. The molecule has 0 atom stereocenters. The summed E-state index contributed by atoms with van der Waals surface area (Å²) >= 11 is 0. The minimum Gasteiger partial charge on any atom is -0.506 e. The summed E-state index contributed by atoms with van der Waals surface area (Å²) in [4.78, 5) is 25.4. The second kappa shape index (κ2) is 6.68. The van der Waals surface area contributed by atoms with Crippen LogP contribution >= 0.6 is 0 Å². The van der Waals surface area contributed by atoms with Crippen LogP contribution in [0.15, 0.2) is 53.3 Å². The monoisotopic (exact) mass is 337 g/mol. The number of aryl methyl sites for hydroxylation is 1. The third kappa shape index (κ3) is 3.06. The number of anilines is 2. The fourth-order valence-electron chi connectivity index (χ4n) is 2.80. The van der Waals surface area contributed by atoms with Crippen LogP contribution < -0.4 is 16.6 Å². The number of hydrogen-bond donors (Lipinski definition) is 3. The molecule has 1 amide bonds. The van der Waals surface area contributed by atoms with Crippen molar-refractivity contribution in [3.63, 3.8) is 0 Å². The maximum Gasteiger partial charge on any atom is 0.267 e. The zero-order valence-electron chi connectivity index (χ0n) is 13.8. The number of rotatable bonds is 4. The van der Waals surface area contributed by atoms with E-state index < -0.39 is 11.5 Å². The van der Waals surface area contributed by atoms with Gasteiger partial charge in [0, 0.05) is 23.3 Å². The average molecular weight is 337 g/mol. The Morgan fingerprint density at radius 1 is 1.16 bits per heavy atom. The van der Waals surface area contributed by atoms with Gasteiger partial charge in [0.15, 0.2) is 0 Å². The van der Waals surface area contributed by atoms with Gasteiger partial charge in [0.1, 0.15) is 11.3 Å². The summed E-state index contributed by atoms with van der Waals surface area (Å²) in [7, 11) is 0. The molecule has 6 heteroatoms. The van der Waals surface area contributed by atoms with Crippen molar-refractivity contribution in [2.45, 2.75) is 19.9 Å². The maximum atomic E-state index is 12.8. The molecule has 25 heavy (non-hydrogen) atoms. The molecular weight excluding hydrogens is 318 g/mol. The molecule has 3 aromatic rings. The Hall–Kier alpha value is -3.28. The van der Waals surface area contributed by atoms with E-state index in [0.29, 0.717) is 28.8 Å². The van der Waals surface area contributed by atoms with Gasteiger partial charge in [-0.2, -0.15) is 0 Å². The van der Waals surface area contributed by atoms with Crippen molar-refractivity contribution in [3.05, 3.63) is 64.4 Å². The van der Waals surface area contributed by atoms with E-state index in [2.05, 4.69) is 5.32 Å². The van der Waals surface area contributed by atoms with Gasteiger partial charge in [0.05, 0.1) is 5.52 Å². The molecule has 1 heterocycles. The molecular formula is C19H19N3O3. The molecule has 0 saturated heterocycles. The number of benzene rings is 2. The van der Waals surface area contributed by atoms with Crippen LogP contribution in [0.5, 0.6) is 5.75 Å². The molecule has 0 spiro atoms. The predicted molar refractivity (Wildman–Crippen MR) is 99.0 cm³/mol. The van der Waals surface area contributed by atoms with Crippen LogP contribution in [-0.4, -0.2) is 15.6 Å². The van der Waals surface area contributed by atoms with Gasteiger partial charge >= 0.3 is 0 Å². The van der Waals surface area contributed by atoms with Gasteiger partial charge in [-0.1, -0.05) is 19.1 Å². The summed E-state index contributed by atoms with van der Waals surface area (Å²) in [5, 5.41) is 13.6. The lowest BCUT2D eigenvalue weighted by Crippen LogP contribution is -2.29. The van der Waals surface area contributed by atoms with Gasteiger partial charge in [-0.05, 0) is 42.8 Å². The van der Waals surface area contributed by atoms with Crippen LogP contribution in [0.3, 0.4) is 0 Å². The zero-order valence-corrected chi connectivity index (χ0v) is 13.8. The number of carbonyl (C=O) groups excluding carboxylic acids is 1. The number of amides is 1. The smallest absolute Gasteiger partial charge is 0.267 e. The Morgan fingerprint density at radius 3 is 2.52 bits per heavy atom. The average Bonchev–Trinajstić information content (AvgIpc) is 2.61. The first-order chi connectivity index (χ1) is 12.0. The number of nitrogens with two attached hydrogens (primary N) is 1. The van der Waals surface area contributed by atoms with Crippen molar-refractivity contribution in [1.82, 2.24) is 4.57 Å². The SMILES string of the molecule is CCCn1c(=O)c(C(=O)Nc2ccc(N)cc2)c(O)c2ccccc21. The Labute approximate surface area is 144 Å². The van der Waals surface area contributed by atoms with Crippen LogP contribution in [0.25, 0.3) is 10.9 Å². The minimum absolute atomic E-state index is 0.260. The Kier molecular flexibility index (Phi) is 4.43. The van der Waals surface area contributed by atoms with Gasteiger partial charge < -0.3 is 20.7 Å². The van der Waals surface area contributed by atoms with Crippen LogP contribution in [0, 0.1) is 0 Å². The summed E-state index contributed by atoms with van der Waals surface area (Å²) < 4.78 is 1.52. The lowest BCUT2D eigenvalue weighted by molar-refractivity contribution is 0.102. The number of fused-ring (bicyclic) bond motifs is 1. The quantitative estimate of drug-likeness (QED) is 0.638. The summed E-state index contributed by atoms with van der Waals surface area (Å²) in [6.07, 6.45) is 0.730. The van der Waals surface area contributed by atoms with Crippen molar-refractivity contribution >= 4 is 28.2 Å². The first-order valence-electron chi connectivity index (χ1n) is 8.04. The second-order valence-corrected chi connectivity index (χ2v) is 5.77. The molecule has 1 aromatic heterocycles. The fourth-order valence-corrected chi connectivity index (χ4v) is 2.80. The molecule has 2 aromatic carbocycles. The van der Waals surface area contributed by atoms with E-state index >= 15 is 0 Å². The largest absolute Gasteiger partial charge is 0.506 e. The first kappa shape index (κ1) is 16.6. The normalized spacial score (nSPS) is 10.8. The van der Waals surface area contributed by atoms with Gasteiger partial charge in [-0.3, -0.25) is 9.59 Å². The number of nitrogens with one attached hydrogen (secondary N) is 1. The van der Waals surface area contributed by atoms with Crippen molar-refractivity contribution < 1.29 is 9.90 Å². The number of pyridine rings is 1. The zero-order chi connectivity index (χ0) is 18.0. The molecule has 0 aliphatic rings. The highest BCUT2D eigenvalue weighted by molar-refractivity contribution is 6.09. The van der Waals surface area contributed by atoms with E-state index in [1.807, 2.05) is 6.92 Å². The van der Waals surface area contributed by atoms with Crippen LogP contribution in [0.2, 0.25) is 0 Å². The number of hydrogen-bond acceptors (Lipinski definition) is 4. The highest BCUT2D eigenvalue weighted by atomic mass is 16.3. The topological polar surface area (TPSA) is 97.4 Å². The second-order valence-electron chi connectivity index (χ2n) is 5.77. The highest BCUT2D eigenvalue weighted by Gasteiger charge is 2.22. The minimum atomic E-state index is -0.650. The summed E-state index contributed by atoms with van der Waals surface area (Å²) in [5.74, 6) is -0.955. The van der Waals surface area contributed by atoms with E-state index in [4.69, 9.17) is 5.73 Å². The molecule has 0 radical (unpaired) electrons. The standard InChI is InChI=1S/C19H19N3O3/c1-2-11-22-15-6-4-3-5-14(15)17(23)16(19(22)25)18(24)21-13-9-7-12(20)8-10-13/h3-10,23H,2,11,20H2,1H3,(H,21,24). The van der Waals surface area contributed by atoms with E-state index in [1.165, 1.54) is 4.57 Å². The summed E-state index contributed by atoms with van der Waals surface area (Å²) in [6, 6.07) is 13.6. The maximum absolute atomic E-state index is 12.8. The third-order valence-electron chi connectivity index (χ3n) is 3.99. The van der Waals surface area contributed by atoms with Crippen LogP contribution in [0.1, 0.15) is 23.7 Å². The summed E-state index contributed by atoms with van der Waals surface area (Å²) in [5.41, 5.74) is 6.53. The Bertz CT molecular complexity index is 991. The van der Waals surface area contributed by atoms with E-state index in [-0.39, 0.29) is 11.3 Å². The number of nitrogen functional groups attached to an aromatic ring is 1. The molecule has 0 aliphatic heterocycles. The molecule has 6 nitrogen and oxygen atoms in total. The van der Waals surface area contributed by atoms with Crippen molar-refractivity contribution in [1.29, 1.82) is 0 Å². The molecule has 0 bridgehead atoms. The van der Waals surface area contributed by atoms with Crippen LogP contribution in [-0.2, 0) is 6.54 Å². The lowest BCUT2D eigenvalue weighted by Gasteiger charge is -2.14. The number of para-hydroxylation sites is 1. The molecule has 0 unspecified atom stereocenters. The molecule has 4 N–H and O–H groups in total. The Morgan fingerprint density at radius 2 is 1.84 bits per heavy atom. The van der Waals surface area contributed by atoms with Gasteiger partial charge in [0.2, 0.25) is 0 Å². The van der Waals surface area contributed by atoms with Crippen molar-refractivity contribution in [2.24, 2.45) is 0 Å². The number of nitrogens with zero attached hydrogens (tertiary/aromatic N) is 1. The predicted octanol–water partition coefficient (Wildman–Crippen LogP) is 2.95. The van der Waals surface area contributed by atoms with E-state index in [0.717, 1.165) is 6.42 Å². The molecule has 0 saturated carbocycles. The third-order valence-corrected chi connectivity index (χ3v) is 3.99. The van der Waals surface area contributed by atoms with Gasteiger partial charge in [0.25, 0.3) is 11.5 Å². The van der Waals surface area contributed by atoms with Crippen LogP contribution in [0.4, 0.5) is 11.4 Å². The number of aromatic nitrogens is 1. The molecule has 3 rings (SSSR count). The first-order valence-corrected chi connectivity index (χ1v) is 8.04. The van der Waals surface area contributed by atoms with E-state index in [9.17, 15) is 14.7 Å². The lowest BCUT2D eigenvalue weighted by atomic mass is 10.1. The molecule has 0 aliphatic carbocycles. The van der Waals surface area contributed by atoms with E-state index in [1.54, 1.807) is 48.5 Å². The van der Waals surface area contributed by atoms with Crippen molar-refractivity contribution in [3.8, 4) is 5.75 Å².